The van der Waals surface area contributed by atoms with E-state index in [-0.39, 0.29) is 16.7 Å². The fourth-order valence-corrected chi connectivity index (χ4v) is 1.54. The number of aromatic carboxylic acids is 2. The summed E-state index contributed by atoms with van der Waals surface area (Å²) in [6, 6.07) is 3.34. The molecule has 1 aromatic rings. The van der Waals surface area contributed by atoms with E-state index in [2.05, 4.69) is 5.32 Å². The average molecular weight is 280 g/mol. The summed E-state index contributed by atoms with van der Waals surface area (Å²) in [5.74, 6) is -3.10. The zero-order chi connectivity index (χ0) is 15.3. The molecule has 0 radical (unpaired) electrons. The number of carbonyl (C=O) groups excluding carboxylic acids is 1. The maximum atomic E-state index is 11.9. The molecule has 0 aromatic heterocycles. The van der Waals surface area contributed by atoms with Crippen molar-refractivity contribution >= 4 is 17.8 Å². The lowest BCUT2D eigenvalue weighted by atomic mass is 10.0. The number of hydrogen-bond donors (Lipinski definition) is 3. The molecule has 0 saturated heterocycles. The molecule has 0 spiro atoms. The van der Waals surface area contributed by atoms with Gasteiger partial charge in [-0.15, -0.1) is 0 Å². The van der Waals surface area contributed by atoms with Crippen molar-refractivity contribution in [3.8, 4) is 0 Å². The van der Waals surface area contributed by atoms with Gasteiger partial charge < -0.3 is 20.4 Å². The summed E-state index contributed by atoms with van der Waals surface area (Å²) in [5, 5.41) is 20.5. The number of benzene rings is 1. The lowest BCUT2D eigenvalue weighted by Crippen LogP contribution is -2.32. The van der Waals surface area contributed by atoms with Gasteiger partial charge in [-0.05, 0) is 32.3 Å². The topological polar surface area (TPSA) is 107 Å². The van der Waals surface area contributed by atoms with Crippen LogP contribution in [0, 0.1) is 0 Å². The number of carboxylic acids is 2. The van der Waals surface area contributed by atoms with Crippen molar-refractivity contribution in [3.05, 3.63) is 34.9 Å². The van der Waals surface area contributed by atoms with Crippen LogP contribution in [0.25, 0.3) is 0 Å². The first-order valence-electron chi connectivity index (χ1n) is 5.86. The van der Waals surface area contributed by atoms with Crippen LogP contribution in [0.15, 0.2) is 18.2 Å². The van der Waals surface area contributed by atoms with Crippen molar-refractivity contribution in [2.24, 2.45) is 0 Å². The maximum Gasteiger partial charge on any atom is 0.336 e. The van der Waals surface area contributed by atoms with Gasteiger partial charge in [0, 0.05) is 13.1 Å². The predicted octanol–water partition coefficient (Wildman–Crippen LogP) is 0.374. The number of nitrogens with zero attached hydrogens (tertiary/aromatic N) is 1. The molecule has 0 heterocycles. The van der Waals surface area contributed by atoms with Crippen LogP contribution in [0.2, 0.25) is 0 Å². The highest BCUT2D eigenvalue weighted by molar-refractivity contribution is 6.06. The molecule has 0 fully saturated rings. The van der Waals surface area contributed by atoms with Crippen molar-refractivity contribution in [1.29, 1.82) is 0 Å². The maximum absolute atomic E-state index is 11.9. The van der Waals surface area contributed by atoms with E-state index >= 15 is 0 Å². The van der Waals surface area contributed by atoms with Crippen LogP contribution in [0.1, 0.15) is 31.1 Å². The van der Waals surface area contributed by atoms with Gasteiger partial charge in [0.1, 0.15) is 0 Å². The van der Waals surface area contributed by atoms with Crippen LogP contribution >= 0.6 is 0 Å². The Hall–Kier alpha value is -2.41. The molecule has 1 rings (SSSR count). The fraction of sp³-hybridized carbons (Fsp3) is 0.308. The Morgan fingerprint density at radius 2 is 1.75 bits per heavy atom. The summed E-state index contributed by atoms with van der Waals surface area (Å²) in [4.78, 5) is 35.7. The van der Waals surface area contributed by atoms with Crippen LogP contribution < -0.4 is 5.32 Å². The minimum atomic E-state index is -1.28. The van der Waals surface area contributed by atoms with Crippen LogP contribution in [-0.4, -0.2) is 60.1 Å². The van der Waals surface area contributed by atoms with E-state index in [0.717, 1.165) is 18.2 Å². The van der Waals surface area contributed by atoms with E-state index in [4.69, 9.17) is 10.2 Å². The first-order valence-corrected chi connectivity index (χ1v) is 5.86. The van der Waals surface area contributed by atoms with E-state index in [1.165, 1.54) is 0 Å². The Morgan fingerprint density at radius 1 is 1.10 bits per heavy atom. The third kappa shape index (κ3) is 4.06. The molecule has 0 aliphatic heterocycles. The highest BCUT2D eigenvalue weighted by Gasteiger charge is 2.18. The molecular weight excluding hydrogens is 264 g/mol. The van der Waals surface area contributed by atoms with Gasteiger partial charge in [-0.25, -0.2) is 9.59 Å². The van der Waals surface area contributed by atoms with Gasteiger partial charge in [-0.1, -0.05) is 0 Å². The number of rotatable bonds is 6. The molecule has 0 saturated carbocycles. The highest BCUT2D eigenvalue weighted by Crippen LogP contribution is 2.12. The van der Waals surface area contributed by atoms with Crippen LogP contribution in [0.3, 0.4) is 0 Å². The zero-order valence-corrected chi connectivity index (χ0v) is 11.2. The number of likely N-dealkylation sites (N-methyl/N-ethyl adjacent to an activating group) is 1. The average Bonchev–Trinajstić information content (AvgIpc) is 2.37. The SMILES string of the molecule is CN(C)CCNC(=O)c1cc(C(=O)O)ccc1C(=O)O. The van der Waals surface area contributed by atoms with Gasteiger partial charge in [-0.2, -0.15) is 0 Å². The number of nitrogens with one attached hydrogen (secondary N) is 1. The molecule has 0 unspecified atom stereocenters. The predicted molar refractivity (Wildman–Crippen MR) is 71.2 cm³/mol. The molecule has 1 amide bonds. The van der Waals surface area contributed by atoms with Gasteiger partial charge in [0.2, 0.25) is 0 Å². The summed E-state index contributed by atoms with van der Waals surface area (Å²) in [5.41, 5.74) is -0.513. The van der Waals surface area contributed by atoms with Crippen LogP contribution in [0.5, 0.6) is 0 Å². The van der Waals surface area contributed by atoms with Crippen molar-refractivity contribution in [1.82, 2.24) is 10.2 Å². The van der Waals surface area contributed by atoms with Gasteiger partial charge in [0.25, 0.3) is 5.91 Å². The van der Waals surface area contributed by atoms with Gasteiger partial charge in [-0.3, -0.25) is 4.79 Å². The number of carbonyl (C=O) groups is 3. The lowest BCUT2D eigenvalue weighted by Gasteiger charge is -2.12. The lowest BCUT2D eigenvalue weighted by molar-refractivity contribution is 0.0678. The van der Waals surface area contributed by atoms with E-state index in [1.54, 1.807) is 0 Å². The molecule has 7 nitrogen and oxygen atoms in total. The van der Waals surface area contributed by atoms with Crippen LogP contribution in [-0.2, 0) is 0 Å². The highest BCUT2D eigenvalue weighted by atomic mass is 16.4. The second kappa shape index (κ2) is 6.67. The molecule has 108 valence electrons. The standard InChI is InChI=1S/C13H16N2O5/c1-15(2)6-5-14-11(16)10-7-8(12(17)18)3-4-9(10)13(19)20/h3-4,7H,5-6H2,1-2H3,(H,14,16)(H,17,18)(H,19,20). The molecule has 1 aromatic carbocycles. The summed E-state index contributed by atoms with van der Waals surface area (Å²) >= 11 is 0. The molecule has 0 bridgehead atoms. The fourth-order valence-electron chi connectivity index (χ4n) is 1.54. The Morgan fingerprint density at radius 3 is 2.25 bits per heavy atom. The molecule has 0 aliphatic carbocycles. The van der Waals surface area contributed by atoms with Gasteiger partial charge in [0.15, 0.2) is 0 Å². The van der Waals surface area contributed by atoms with Crippen molar-refractivity contribution < 1.29 is 24.6 Å². The number of amides is 1. The van der Waals surface area contributed by atoms with Crippen molar-refractivity contribution in [2.75, 3.05) is 27.2 Å². The van der Waals surface area contributed by atoms with Gasteiger partial charge in [0.05, 0.1) is 16.7 Å². The van der Waals surface area contributed by atoms with Crippen molar-refractivity contribution in [2.45, 2.75) is 0 Å². The molecular formula is C13H16N2O5. The molecule has 0 aliphatic rings. The monoisotopic (exact) mass is 280 g/mol. The Balaban J connectivity index is 3.00. The Labute approximate surface area is 115 Å². The van der Waals surface area contributed by atoms with E-state index in [0.29, 0.717) is 13.1 Å². The number of hydrogen-bond acceptors (Lipinski definition) is 4. The van der Waals surface area contributed by atoms with Crippen LogP contribution in [0.4, 0.5) is 0 Å². The third-order valence-corrected chi connectivity index (χ3v) is 2.59. The molecule has 20 heavy (non-hydrogen) atoms. The largest absolute Gasteiger partial charge is 0.478 e. The van der Waals surface area contributed by atoms with E-state index < -0.39 is 17.8 Å². The summed E-state index contributed by atoms with van der Waals surface area (Å²) < 4.78 is 0. The first-order chi connectivity index (χ1) is 9.32. The summed E-state index contributed by atoms with van der Waals surface area (Å²) in [6.07, 6.45) is 0. The van der Waals surface area contributed by atoms with E-state index in [9.17, 15) is 14.4 Å². The molecule has 0 atom stereocenters. The summed E-state index contributed by atoms with van der Waals surface area (Å²) in [6.45, 7) is 0.926. The third-order valence-electron chi connectivity index (χ3n) is 2.59. The molecule has 7 heteroatoms. The minimum Gasteiger partial charge on any atom is -0.478 e. The van der Waals surface area contributed by atoms with Gasteiger partial charge >= 0.3 is 11.9 Å². The normalized spacial score (nSPS) is 10.3. The quantitative estimate of drug-likeness (QED) is 0.695. The zero-order valence-electron chi connectivity index (χ0n) is 11.2. The second-order valence-electron chi connectivity index (χ2n) is 4.43. The smallest absolute Gasteiger partial charge is 0.336 e. The minimum absolute atomic E-state index is 0.132. The Bertz CT molecular complexity index is 540. The summed E-state index contributed by atoms with van der Waals surface area (Å²) in [7, 11) is 3.67. The second-order valence-corrected chi connectivity index (χ2v) is 4.43. The van der Waals surface area contributed by atoms with Crippen molar-refractivity contribution in [3.63, 3.8) is 0 Å². The first kappa shape index (κ1) is 15.6. The molecule has 3 N–H and O–H groups in total. The van der Waals surface area contributed by atoms with E-state index in [1.807, 2.05) is 19.0 Å². The number of carboxylic acid groups (broad SMARTS) is 2. The Kier molecular flexibility index (Phi) is 5.22.